The molecule has 0 saturated heterocycles. The van der Waals surface area contributed by atoms with E-state index in [-0.39, 0.29) is 18.9 Å². The van der Waals surface area contributed by atoms with E-state index in [1.165, 1.54) is 4.57 Å². The number of rotatable bonds is 6. The number of fused-ring (bicyclic) bond motifs is 2. The number of hydrogen-bond acceptors (Lipinski definition) is 5. The van der Waals surface area contributed by atoms with Crippen molar-refractivity contribution in [3.8, 4) is 11.5 Å². The van der Waals surface area contributed by atoms with Crippen LogP contribution >= 0.6 is 0 Å². The van der Waals surface area contributed by atoms with Gasteiger partial charge in [0.2, 0.25) is 5.91 Å². The lowest BCUT2D eigenvalue weighted by Crippen LogP contribution is -2.31. The van der Waals surface area contributed by atoms with Crippen LogP contribution in [0.5, 0.6) is 11.5 Å². The minimum Gasteiger partial charge on any atom is -0.486 e. The molecule has 7 nitrogen and oxygen atoms in total. The number of para-hydroxylation sites is 2. The lowest BCUT2D eigenvalue weighted by molar-refractivity contribution is -0.131. The maximum atomic E-state index is 12.7. The van der Waals surface area contributed by atoms with Gasteiger partial charge in [-0.25, -0.2) is 4.79 Å². The van der Waals surface area contributed by atoms with Crippen LogP contribution in [0, 0.1) is 0 Å². The fraction of sp³-hybridized carbons (Fsp3) is 0.333. The maximum absolute atomic E-state index is 12.7. The molecule has 7 heteroatoms. The molecule has 0 N–H and O–H groups in total. The average molecular weight is 382 g/mol. The molecular formula is C21H22N2O5. The minimum absolute atomic E-state index is 0.0189. The second-order valence-electron chi connectivity index (χ2n) is 6.62. The highest BCUT2D eigenvalue weighted by Crippen LogP contribution is 2.31. The van der Waals surface area contributed by atoms with E-state index in [0.717, 1.165) is 11.3 Å². The largest absolute Gasteiger partial charge is 0.486 e. The minimum atomic E-state index is -0.441. The fourth-order valence-corrected chi connectivity index (χ4v) is 3.37. The quantitative estimate of drug-likeness (QED) is 0.655. The zero-order chi connectivity index (χ0) is 19.5. The molecule has 1 aliphatic rings. The van der Waals surface area contributed by atoms with Crippen LogP contribution in [0.15, 0.2) is 51.7 Å². The zero-order valence-corrected chi connectivity index (χ0v) is 15.7. The highest BCUT2D eigenvalue weighted by atomic mass is 16.6. The van der Waals surface area contributed by atoms with E-state index in [1.807, 2.05) is 43.3 Å². The standard InChI is InChI=1S/C21H22N2O5/c1-2-22(14-15-7-8-18-19(13-15)27-12-11-26-18)20(24)9-10-23-16-5-3-4-6-17(16)28-21(23)25/h3-8,13H,2,9-12,14H2,1H3. The summed E-state index contributed by atoms with van der Waals surface area (Å²) in [4.78, 5) is 26.6. The van der Waals surface area contributed by atoms with Crippen molar-refractivity contribution < 1.29 is 18.7 Å². The Labute approximate surface area is 162 Å². The number of carbonyl (C=O) groups is 1. The maximum Gasteiger partial charge on any atom is 0.419 e. The predicted molar refractivity (Wildman–Crippen MR) is 104 cm³/mol. The van der Waals surface area contributed by atoms with Crippen LogP contribution < -0.4 is 15.2 Å². The molecule has 4 rings (SSSR count). The first kappa shape index (κ1) is 18.2. The fourth-order valence-electron chi connectivity index (χ4n) is 3.37. The second-order valence-corrected chi connectivity index (χ2v) is 6.62. The van der Waals surface area contributed by atoms with Crippen molar-refractivity contribution in [3.05, 3.63) is 58.6 Å². The number of nitrogens with zero attached hydrogens (tertiary/aromatic N) is 2. The summed E-state index contributed by atoms with van der Waals surface area (Å²) in [5.41, 5.74) is 2.21. The number of amides is 1. The highest BCUT2D eigenvalue weighted by molar-refractivity contribution is 5.77. The summed E-state index contributed by atoms with van der Waals surface area (Å²) in [7, 11) is 0. The Bertz CT molecular complexity index is 1050. The summed E-state index contributed by atoms with van der Waals surface area (Å²) in [6, 6.07) is 12.9. The summed E-state index contributed by atoms with van der Waals surface area (Å²) in [6.07, 6.45) is 0.224. The van der Waals surface area contributed by atoms with Crippen molar-refractivity contribution in [2.75, 3.05) is 19.8 Å². The van der Waals surface area contributed by atoms with E-state index in [1.54, 1.807) is 11.0 Å². The van der Waals surface area contributed by atoms with E-state index in [9.17, 15) is 9.59 Å². The molecule has 2 aromatic carbocycles. The Hall–Kier alpha value is -3.22. The van der Waals surface area contributed by atoms with Crippen LogP contribution in [0.2, 0.25) is 0 Å². The number of aromatic nitrogens is 1. The van der Waals surface area contributed by atoms with Gasteiger partial charge in [0.25, 0.3) is 0 Å². The molecule has 146 valence electrons. The number of benzene rings is 2. The molecule has 0 bridgehead atoms. The van der Waals surface area contributed by atoms with Gasteiger partial charge in [0, 0.05) is 26.1 Å². The molecule has 1 amide bonds. The SMILES string of the molecule is CCN(Cc1ccc2c(c1)OCCO2)C(=O)CCn1c(=O)oc2ccccc21. The lowest BCUT2D eigenvalue weighted by Gasteiger charge is -2.23. The summed E-state index contributed by atoms with van der Waals surface area (Å²) in [6.45, 7) is 4.36. The third kappa shape index (κ3) is 3.60. The molecule has 3 aromatic rings. The lowest BCUT2D eigenvalue weighted by atomic mass is 10.1. The molecule has 0 unspecified atom stereocenters. The van der Waals surface area contributed by atoms with Gasteiger partial charge >= 0.3 is 5.76 Å². The van der Waals surface area contributed by atoms with E-state index < -0.39 is 5.76 Å². The van der Waals surface area contributed by atoms with Gasteiger partial charge in [-0.15, -0.1) is 0 Å². The Morgan fingerprint density at radius 3 is 2.71 bits per heavy atom. The molecule has 28 heavy (non-hydrogen) atoms. The van der Waals surface area contributed by atoms with E-state index in [0.29, 0.717) is 43.2 Å². The first-order valence-electron chi connectivity index (χ1n) is 9.40. The van der Waals surface area contributed by atoms with Crippen molar-refractivity contribution >= 4 is 17.0 Å². The van der Waals surface area contributed by atoms with E-state index >= 15 is 0 Å². The smallest absolute Gasteiger partial charge is 0.419 e. The number of aryl methyl sites for hydroxylation is 1. The number of carbonyl (C=O) groups excluding carboxylic acids is 1. The van der Waals surface area contributed by atoms with Crippen molar-refractivity contribution in [3.63, 3.8) is 0 Å². The molecular weight excluding hydrogens is 360 g/mol. The molecule has 0 aliphatic carbocycles. The molecule has 1 aliphatic heterocycles. The van der Waals surface area contributed by atoms with Crippen LogP contribution in [-0.2, 0) is 17.9 Å². The molecule has 0 radical (unpaired) electrons. The van der Waals surface area contributed by atoms with Gasteiger partial charge in [-0.2, -0.15) is 0 Å². The Kier molecular flexibility index (Phi) is 5.06. The van der Waals surface area contributed by atoms with Crippen molar-refractivity contribution in [2.24, 2.45) is 0 Å². The van der Waals surface area contributed by atoms with E-state index in [2.05, 4.69) is 0 Å². The van der Waals surface area contributed by atoms with Crippen LogP contribution in [0.1, 0.15) is 18.9 Å². The first-order valence-corrected chi connectivity index (χ1v) is 9.40. The van der Waals surface area contributed by atoms with Crippen LogP contribution in [0.4, 0.5) is 0 Å². The normalized spacial score (nSPS) is 12.9. The number of ether oxygens (including phenoxy) is 2. The third-order valence-electron chi connectivity index (χ3n) is 4.84. The van der Waals surface area contributed by atoms with Gasteiger partial charge in [-0.1, -0.05) is 18.2 Å². The van der Waals surface area contributed by atoms with Gasteiger partial charge < -0.3 is 18.8 Å². The van der Waals surface area contributed by atoms with Gasteiger partial charge in [-0.05, 0) is 36.8 Å². The van der Waals surface area contributed by atoms with Crippen molar-refractivity contribution in [2.45, 2.75) is 26.4 Å². The van der Waals surface area contributed by atoms with Crippen LogP contribution in [-0.4, -0.2) is 35.1 Å². The topological polar surface area (TPSA) is 73.9 Å². The van der Waals surface area contributed by atoms with Gasteiger partial charge in [0.1, 0.15) is 13.2 Å². The summed E-state index contributed by atoms with van der Waals surface area (Å²) < 4.78 is 17.9. The Morgan fingerprint density at radius 2 is 1.89 bits per heavy atom. The van der Waals surface area contributed by atoms with Gasteiger partial charge in [-0.3, -0.25) is 9.36 Å². The molecule has 0 atom stereocenters. The molecule has 1 aromatic heterocycles. The van der Waals surface area contributed by atoms with E-state index in [4.69, 9.17) is 13.9 Å². The van der Waals surface area contributed by atoms with Gasteiger partial charge in [0.05, 0.1) is 5.52 Å². The third-order valence-corrected chi connectivity index (χ3v) is 4.84. The highest BCUT2D eigenvalue weighted by Gasteiger charge is 2.17. The average Bonchev–Trinajstić information content (AvgIpc) is 3.05. The predicted octanol–water partition coefficient (Wildman–Crippen LogP) is 2.80. The summed E-state index contributed by atoms with van der Waals surface area (Å²) >= 11 is 0. The summed E-state index contributed by atoms with van der Waals surface area (Å²) in [5.74, 6) is 0.984. The Balaban J connectivity index is 1.44. The van der Waals surface area contributed by atoms with Crippen LogP contribution in [0.3, 0.4) is 0 Å². The van der Waals surface area contributed by atoms with Crippen molar-refractivity contribution in [1.82, 2.24) is 9.47 Å². The zero-order valence-electron chi connectivity index (χ0n) is 15.7. The molecule has 2 heterocycles. The summed E-state index contributed by atoms with van der Waals surface area (Å²) in [5, 5.41) is 0. The van der Waals surface area contributed by atoms with Gasteiger partial charge in [0.15, 0.2) is 17.1 Å². The molecule has 0 saturated carbocycles. The second kappa shape index (κ2) is 7.80. The van der Waals surface area contributed by atoms with Crippen LogP contribution in [0.25, 0.3) is 11.1 Å². The first-order chi connectivity index (χ1) is 13.7. The number of hydrogen-bond donors (Lipinski definition) is 0. The molecule has 0 spiro atoms. The van der Waals surface area contributed by atoms with Crippen molar-refractivity contribution in [1.29, 1.82) is 0 Å². The number of oxazole rings is 1. The molecule has 0 fully saturated rings. The Morgan fingerprint density at radius 1 is 1.11 bits per heavy atom. The monoisotopic (exact) mass is 382 g/mol.